The van der Waals surface area contributed by atoms with Gasteiger partial charge in [0, 0.05) is 44.9 Å². The van der Waals surface area contributed by atoms with Gasteiger partial charge in [-0.2, -0.15) is 0 Å². The zero-order chi connectivity index (χ0) is 45.0. The van der Waals surface area contributed by atoms with Crippen LogP contribution in [0.4, 0.5) is 11.4 Å². The summed E-state index contributed by atoms with van der Waals surface area (Å²) in [5.41, 5.74) is 17.6. The van der Waals surface area contributed by atoms with Gasteiger partial charge in [-0.1, -0.05) is 182 Å². The molecule has 2 atom stereocenters. The van der Waals surface area contributed by atoms with E-state index < -0.39 is 0 Å². The minimum atomic E-state index is 0.0378. The van der Waals surface area contributed by atoms with Crippen LogP contribution in [0, 0.1) is 0 Å². The standard InChI is InChI=1S/C63H42N4O/c1-4-15-41(16-5-1)45-21-12-22-46(37-45)44-29-32-52(33-30-44)67-55-28-11-10-27-53(55)59-56(67)34-36-58-60(59)54-40-51(31-35-57(54)68-58)63-65-61(49-25-13-23-47(38-49)42-17-6-2-7-18-42)64-62(66-63)50-26-14-24-48(39-50)43-19-8-3-9-20-43/h1-40,56,59H. The first-order valence-electron chi connectivity index (χ1n) is 23.2. The van der Waals surface area contributed by atoms with Crippen molar-refractivity contribution < 1.29 is 4.42 Å². The van der Waals surface area contributed by atoms with Crippen molar-refractivity contribution in [3.05, 3.63) is 253 Å². The molecule has 1 aliphatic carbocycles. The topological polar surface area (TPSA) is 55.1 Å². The monoisotopic (exact) mass is 870 g/mol. The Bertz CT molecular complexity index is 3590. The fourth-order valence-electron chi connectivity index (χ4n) is 10.2. The summed E-state index contributed by atoms with van der Waals surface area (Å²) in [6.07, 6.45) is 4.47. The Labute approximate surface area is 395 Å². The SMILES string of the molecule is C1=CC2C(c3ccccc3N2c2ccc(-c3cccc(-c4ccccc4)c3)cc2)c2c1oc1ccc(-c3nc(-c4cccc(-c5ccccc5)c4)nc(-c4cccc(-c5ccccc5)c4)n3)cc21. The van der Waals surface area contributed by atoms with E-state index in [4.69, 9.17) is 19.4 Å². The van der Waals surface area contributed by atoms with E-state index in [9.17, 15) is 0 Å². The summed E-state index contributed by atoms with van der Waals surface area (Å²) in [5, 5.41) is 1.06. The molecule has 13 rings (SSSR count). The van der Waals surface area contributed by atoms with Gasteiger partial charge in [0.2, 0.25) is 0 Å². The van der Waals surface area contributed by atoms with E-state index in [2.05, 4.69) is 235 Å². The minimum Gasteiger partial charge on any atom is -0.456 e. The number of para-hydroxylation sites is 1. The summed E-state index contributed by atoms with van der Waals surface area (Å²) in [4.78, 5) is 18.2. The molecular weight excluding hydrogens is 829 g/mol. The molecule has 1 aliphatic heterocycles. The van der Waals surface area contributed by atoms with Crippen LogP contribution < -0.4 is 4.90 Å². The Morgan fingerprint density at radius 3 is 1.34 bits per heavy atom. The maximum absolute atomic E-state index is 6.69. The molecule has 0 amide bonds. The van der Waals surface area contributed by atoms with E-state index in [1.54, 1.807) is 0 Å². The first-order valence-corrected chi connectivity index (χ1v) is 23.2. The molecule has 2 unspecified atom stereocenters. The Balaban J connectivity index is 0.897. The molecule has 2 aromatic heterocycles. The van der Waals surface area contributed by atoms with E-state index in [0.29, 0.717) is 17.5 Å². The normalized spacial score (nSPS) is 14.7. The number of hydrogen-bond donors (Lipinski definition) is 0. The van der Waals surface area contributed by atoms with Crippen LogP contribution in [0.2, 0.25) is 0 Å². The number of fused-ring (bicyclic) bond motifs is 7. The Morgan fingerprint density at radius 1 is 0.368 bits per heavy atom. The van der Waals surface area contributed by atoms with E-state index >= 15 is 0 Å². The fourth-order valence-corrected chi connectivity index (χ4v) is 10.2. The lowest BCUT2D eigenvalue weighted by molar-refractivity contribution is 0.584. The highest BCUT2D eigenvalue weighted by Gasteiger charge is 2.43. The number of nitrogens with zero attached hydrogens (tertiary/aromatic N) is 4. The van der Waals surface area contributed by atoms with Crippen LogP contribution in [0.25, 0.3) is 95.7 Å². The van der Waals surface area contributed by atoms with Crippen molar-refractivity contribution in [2.24, 2.45) is 0 Å². The summed E-state index contributed by atoms with van der Waals surface area (Å²) in [5.74, 6) is 2.75. The molecule has 0 fully saturated rings. The third-order valence-electron chi connectivity index (χ3n) is 13.5. The molecule has 0 saturated heterocycles. The molecule has 68 heavy (non-hydrogen) atoms. The van der Waals surface area contributed by atoms with Gasteiger partial charge in [0.05, 0.1) is 6.04 Å². The van der Waals surface area contributed by atoms with Crippen molar-refractivity contribution >= 4 is 28.4 Å². The maximum Gasteiger partial charge on any atom is 0.164 e. The molecule has 11 aromatic rings. The molecule has 2 aliphatic rings. The summed E-state index contributed by atoms with van der Waals surface area (Å²) in [6, 6.07) is 81.4. The molecule has 5 heteroatoms. The van der Waals surface area contributed by atoms with E-state index in [1.165, 1.54) is 39.1 Å². The average Bonchev–Trinajstić information content (AvgIpc) is 3.97. The van der Waals surface area contributed by atoms with E-state index in [1.807, 2.05) is 12.1 Å². The van der Waals surface area contributed by atoms with E-state index in [0.717, 1.165) is 61.4 Å². The van der Waals surface area contributed by atoms with Crippen molar-refractivity contribution in [3.63, 3.8) is 0 Å². The molecular formula is C63H42N4O. The smallest absolute Gasteiger partial charge is 0.164 e. The summed E-state index contributed by atoms with van der Waals surface area (Å²) in [7, 11) is 0. The highest BCUT2D eigenvalue weighted by molar-refractivity contribution is 5.93. The Kier molecular flexibility index (Phi) is 9.57. The van der Waals surface area contributed by atoms with Gasteiger partial charge in [0.1, 0.15) is 11.3 Å². The number of benzene rings is 9. The highest BCUT2D eigenvalue weighted by atomic mass is 16.3. The van der Waals surface area contributed by atoms with Gasteiger partial charge in [0.25, 0.3) is 0 Å². The number of aromatic nitrogens is 3. The van der Waals surface area contributed by atoms with Crippen LogP contribution in [0.1, 0.15) is 22.8 Å². The second-order valence-electron chi connectivity index (χ2n) is 17.5. The van der Waals surface area contributed by atoms with Crippen molar-refractivity contribution in [2.45, 2.75) is 12.0 Å². The molecule has 9 aromatic carbocycles. The quantitative estimate of drug-likeness (QED) is 0.152. The molecule has 0 bridgehead atoms. The van der Waals surface area contributed by atoms with Gasteiger partial charge in [-0.15, -0.1) is 0 Å². The zero-order valence-electron chi connectivity index (χ0n) is 36.9. The summed E-state index contributed by atoms with van der Waals surface area (Å²) >= 11 is 0. The van der Waals surface area contributed by atoms with Gasteiger partial charge in [-0.3, -0.25) is 0 Å². The third kappa shape index (κ3) is 7.00. The van der Waals surface area contributed by atoms with Crippen molar-refractivity contribution in [1.82, 2.24) is 15.0 Å². The second-order valence-corrected chi connectivity index (χ2v) is 17.5. The van der Waals surface area contributed by atoms with Gasteiger partial charge < -0.3 is 9.32 Å². The zero-order valence-corrected chi connectivity index (χ0v) is 36.9. The molecule has 320 valence electrons. The van der Waals surface area contributed by atoms with Crippen LogP contribution in [-0.2, 0) is 0 Å². The lowest BCUT2D eigenvalue weighted by Crippen LogP contribution is -2.30. The number of furan rings is 1. The molecule has 5 nitrogen and oxygen atoms in total. The molecule has 3 heterocycles. The van der Waals surface area contributed by atoms with Gasteiger partial charge in [0.15, 0.2) is 17.5 Å². The third-order valence-corrected chi connectivity index (χ3v) is 13.5. The van der Waals surface area contributed by atoms with Crippen molar-refractivity contribution in [1.29, 1.82) is 0 Å². The fraction of sp³-hybridized carbons (Fsp3) is 0.0317. The number of anilines is 2. The number of hydrogen-bond acceptors (Lipinski definition) is 5. The first kappa shape index (κ1) is 39.4. The minimum absolute atomic E-state index is 0.0378. The van der Waals surface area contributed by atoms with Crippen LogP contribution in [-0.4, -0.2) is 21.0 Å². The Morgan fingerprint density at radius 2 is 0.794 bits per heavy atom. The van der Waals surface area contributed by atoms with Crippen LogP contribution >= 0.6 is 0 Å². The van der Waals surface area contributed by atoms with E-state index in [-0.39, 0.29) is 12.0 Å². The largest absolute Gasteiger partial charge is 0.456 e. The lowest BCUT2D eigenvalue weighted by atomic mass is 9.82. The first-order chi connectivity index (χ1) is 33.7. The van der Waals surface area contributed by atoms with Gasteiger partial charge >= 0.3 is 0 Å². The second kappa shape index (κ2) is 16.5. The van der Waals surface area contributed by atoms with Gasteiger partial charge in [-0.05, 0) is 111 Å². The lowest BCUT2D eigenvalue weighted by Gasteiger charge is -2.30. The maximum atomic E-state index is 6.69. The summed E-state index contributed by atoms with van der Waals surface area (Å²) < 4.78 is 6.69. The van der Waals surface area contributed by atoms with Crippen LogP contribution in [0.5, 0.6) is 0 Å². The highest BCUT2D eigenvalue weighted by Crippen LogP contribution is 2.54. The van der Waals surface area contributed by atoms with Crippen LogP contribution in [0.15, 0.2) is 241 Å². The predicted octanol–water partition coefficient (Wildman–Crippen LogP) is 16.0. The molecule has 0 spiro atoms. The molecule has 0 N–H and O–H groups in total. The van der Waals surface area contributed by atoms with Crippen molar-refractivity contribution in [3.8, 4) is 78.7 Å². The molecule has 0 saturated carbocycles. The predicted molar refractivity (Wildman–Crippen MR) is 277 cm³/mol. The van der Waals surface area contributed by atoms with Crippen LogP contribution in [0.3, 0.4) is 0 Å². The number of rotatable bonds is 8. The Hall–Kier alpha value is -8.93. The van der Waals surface area contributed by atoms with Crippen molar-refractivity contribution in [2.75, 3.05) is 4.90 Å². The average molecular weight is 871 g/mol. The van der Waals surface area contributed by atoms with Gasteiger partial charge in [-0.25, -0.2) is 15.0 Å². The summed E-state index contributed by atoms with van der Waals surface area (Å²) in [6.45, 7) is 0. The molecule has 0 radical (unpaired) electrons.